The average molecular weight is 302 g/mol. The number of amides is 1. The topological polar surface area (TPSA) is 54.6 Å². The molecule has 118 valence electrons. The van der Waals surface area contributed by atoms with Crippen LogP contribution in [-0.4, -0.2) is 47.7 Å². The number of ether oxygens (including phenoxy) is 2. The van der Waals surface area contributed by atoms with Gasteiger partial charge >= 0.3 is 0 Å². The minimum absolute atomic E-state index is 0.0190. The molecule has 0 atom stereocenters. The summed E-state index contributed by atoms with van der Waals surface area (Å²) in [6.45, 7) is 8.40. The highest BCUT2D eigenvalue weighted by Gasteiger charge is 2.30. The Kier molecular flexibility index (Phi) is 3.83. The molecule has 1 N–H and O–H groups in total. The number of hydrogen-bond acceptors (Lipinski definition) is 3. The molecule has 1 aliphatic heterocycles. The van der Waals surface area contributed by atoms with Gasteiger partial charge in [0.1, 0.15) is 11.4 Å². The Balaban J connectivity index is 1.84. The third kappa shape index (κ3) is 2.95. The summed E-state index contributed by atoms with van der Waals surface area (Å²) in [5, 5.41) is 1.01. The normalized spacial score (nSPS) is 17.7. The van der Waals surface area contributed by atoms with E-state index in [1.54, 1.807) is 0 Å². The van der Waals surface area contributed by atoms with Gasteiger partial charge in [-0.05, 0) is 39.0 Å². The van der Waals surface area contributed by atoms with Gasteiger partial charge in [-0.3, -0.25) is 4.79 Å². The van der Waals surface area contributed by atoms with Gasteiger partial charge in [-0.15, -0.1) is 0 Å². The number of carbonyl (C=O) groups excluding carboxylic acids is 1. The van der Waals surface area contributed by atoms with E-state index in [-0.39, 0.29) is 11.5 Å². The average Bonchev–Trinajstić information content (AvgIpc) is 2.89. The number of benzene rings is 1. The molecule has 1 aliphatic rings. The van der Waals surface area contributed by atoms with Crippen molar-refractivity contribution in [3.05, 3.63) is 30.0 Å². The van der Waals surface area contributed by atoms with Gasteiger partial charge in [-0.2, -0.15) is 0 Å². The van der Waals surface area contributed by atoms with Crippen LogP contribution in [0.15, 0.2) is 24.3 Å². The number of rotatable bonds is 3. The van der Waals surface area contributed by atoms with Crippen molar-refractivity contribution in [2.45, 2.75) is 26.4 Å². The second kappa shape index (κ2) is 5.65. The molecule has 0 bridgehead atoms. The zero-order valence-corrected chi connectivity index (χ0v) is 13.3. The first kappa shape index (κ1) is 14.9. The van der Waals surface area contributed by atoms with E-state index in [4.69, 9.17) is 9.47 Å². The lowest BCUT2D eigenvalue weighted by Crippen LogP contribution is -2.50. The number of aromatic amines is 1. The third-order valence-corrected chi connectivity index (χ3v) is 3.85. The van der Waals surface area contributed by atoms with Crippen molar-refractivity contribution >= 4 is 16.8 Å². The molecule has 5 nitrogen and oxygen atoms in total. The molecule has 1 aromatic carbocycles. The van der Waals surface area contributed by atoms with Gasteiger partial charge in [0, 0.05) is 30.1 Å². The summed E-state index contributed by atoms with van der Waals surface area (Å²) in [6.07, 6.45) is 0. The van der Waals surface area contributed by atoms with E-state index < -0.39 is 0 Å². The Morgan fingerprint density at radius 3 is 2.95 bits per heavy atom. The van der Waals surface area contributed by atoms with Gasteiger partial charge in [-0.25, -0.2) is 0 Å². The molecule has 2 aromatic rings. The van der Waals surface area contributed by atoms with Crippen LogP contribution in [0, 0.1) is 0 Å². The smallest absolute Gasteiger partial charge is 0.270 e. The molecule has 1 saturated heterocycles. The molecule has 5 heteroatoms. The Bertz CT molecular complexity index is 690. The van der Waals surface area contributed by atoms with Gasteiger partial charge in [-0.1, -0.05) is 0 Å². The molecule has 1 amide bonds. The minimum Gasteiger partial charge on any atom is -0.494 e. The van der Waals surface area contributed by atoms with Gasteiger partial charge in [0.05, 0.1) is 18.8 Å². The van der Waals surface area contributed by atoms with Crippen LogP contribution in [0.25, 0.3) is 10.9 Å². The summed E-state index contributed by atoms with van der Waals surface area (Å²) in [7, 11) is 0. The number of hydrogen-bond donors (Lipinski definition) is 1. The maximum atomic E-state index is 12.7. The van der Waals surface area contributed by atoms with Crippen LogP contribution in [0.1, 0.15) is 31.3 Å². The van der Waals surface area contributed by atoms with Crippen LogP contribution < -0.4 is 4.74 Å². The number of nitrogens with one attached hydrogen (secondary N) is 1. The van der Waals surface area contributed by atoms with Crippen molar-refractivity contribution in [1.29, 1.82) is 0 Å². The van der Waals surface area contributed by atoms with Gasteiger partial charge in [0.15, 0.2) is 0 Å². The third-order valence-electron chi connectivity index (χ3n) is 3.85. The second-order valence-corrected chi connectivity index (χ2v) is 6.20. The zero-order valence-electron chi connectivity index (χ0n) is 13.3. The highest BCUT2D eigenvalue weighted by Crippen LogP contribution is 2.24. The molecular weight excluding hydrogens is 280 g/mol. The van der Waals surface area contributed by atoms with E-state index >= 15 is 0 Å². The predicted octanol–water partition coefficient (Wildman–Crippen LogP) is 2.82. The molecule has 0 unspecified atom stereocenters. The standard InChI is InChI=1S/C17H22N2O3/c1-4-21-13-6-5-12-9-15(18-14(12)10-13)16(20)19-7-8-22-17(2,3)11-19/h5-6,9-10,18H,4,7-8,11H2,1-3H3. The van der Waals surface area contributed by atoms with Crippen molar-refractivity contribution in [3.8, 4) is 5.75 Å². The first-order valence-electron chi connectivity index (χ1n) is 7.67. The Labute approximate surface area is 130 Å². The van der Waals surface area contributed by atoms with Crippen LogP contribution in [-0.2, 0) is 4.74 Å². The van der Waals surface area contributed by atoms with E-state index in [2.05, 4.69) is 4.98 Å². The van der Waals surface area contributed by atoms with Crippen LogP contribution in [0.3, 0.4) is 0 Å². The number of nitrogens with zero attached hydrogens (tertiary/aromatic N) is 1. The van der Waals surface area contributed by atoms with Crippen LogP contribution in [0.2, 0.25) is 0 Å². The van der Waals surface area contributed by atoms with Crippen LogP contribution in [0.5, 0.6) is 5.75 Å². The molecule has 0 spiro atoms. The maximum Gasteiger partial charge on any atom is 0.270 e. The molecule has 0 saturated carbocycles. The lowest BCUT2D eigenvalue weighted by molar-refractivity contribution is -0.0764. The zero-order chi connectivity index (χ0) is 15.7. The highest BCUT2D eigenvalue weighted by atomic mass is 16.5. The predicted molar refractivity (Wildman–Crippen MR) is 85.4 cm³/mol. The van der Waals surface area contributed by atoms with Crippen LogP contribution in [0.4, 0.5) is 0 Å². The second-order valence-electron chi connectivity index (χ2n) is 6.20. The molecule has 1 fully saturated rings. The first-order chi connectivity index (χ1) is 10.5. The van der Waals surface area contributed by atoms with Crippen molar-refractivity contribution in [2.75, 3.05) is 26.3 Å². The van der Waals surface area contributed by atoms with Crippen molar-refractivity contribution in [3.63, 3.8) is 0 Å². The number of morpholine rings is 1. The first-order valence-corrected chi connectivity index (χ1v) is 7.67. The van der Waals surface area contributed by atoms with Crippen molar-refractivity contribution in [2.24, 2.45) is 0 Å². The van der Waals surface area contributed by atoms with E-state index in [0.717, 1.165) is 16.7 Å². The van der Waals surface area contributed by atoms with Gasteiger partial charge in [0.25, 0.3) is 5.91 Å². The molecular formula is C17H22N2O3. The monoisotopic (exact) mass is 302 g/mol. The Morgan fingerprint density at radius 2 is 2.23 bits per heavy atom. The summed E-state index contributed by atoms with van der Waals surface area (Å²) in [4.78, 5) is 17.7. The SMILES string of the molecule is CCOc1ccc2cc(C(=O)N3CCOC(C)(C)C3)[nH]c2c1. The van der Waals surface area contributed by atoms with E-state index in [1.807, 2.05) is 49.9 Å². The molecule has 0 aliphatic carbocycles. The van der Waals surface area contributed by atoms with Crippen molar-refractivity contribution < 1.29 is 14.3 Å². The van der Waals surface area contributed by atoms with E-state index in [0.29, 0.717) is 32.0 Å². The minimum atomic E-state index is -0.290. The molecule has 3 rings (SSSR count). The van der Waals surface area contributed by atoms with Crippen molar-refractivity contribution in [1.82, 2.24) is 9.88 Å². The maximum absolute atomic E-state index is 12.7. The molecule has 0 radical (unpaired) electrons. The van der Waals surface area contributed by atoms with Crippen LogP contribution >= 0.6 is 0 Å². The van der Waals surface area contributed by atoms with Gasteiger partial charge in [0.2, 0.25) is 0 Å². The fourth-order valence-electron chi connectivity index (χ4n) is 2.84. The van der Waals surface area contributed by atoms with E-state index in [1.165, 1.54) is 0 Å². The summed E-state index contributed by atoms with van der Waals surface area (Å²) in [6, 6.07) is 7.72. The highest BCUT2D eigenvalue weighted by molar-refractivity contribution is 5.98. The number of aromatic nitrogens is 1. The quantitative estimate of drug-likeness (QED) is 0.948. The Hall–Kier alpha value is -2.01. The van der Waals surface area contributed by atoms with E-state index in [9.17, 15) is 4.79 Å². The fraction of sp³-hybridized carbons (Fsp3) is 0.471. The lowest BCUT2D eigenvalue weighted by Gasteiger charge is -2.37. The summed E-state index contributed by atoms with van der Waals surface area (Å²) in [5.41, 5.74) is 1.24. The Morgan fingerprint density at radius 1 is 1.41 bits per heavy atom. The van der Waals surface area contributed by atoms with Gasteiger partial charge < -0.3 is 19.4 Å². The number of H-pyrrole nitrogens is 1. The number of carbonyl (C=O) groups is 1. The summed E-state index contributed by atoms with van der Waals surface area (Å²) >= 11 is 0. The molecule has 2 heterocycles. The summed E-state index contributed by atoms with van der Waals surface area (Å²) in [5.74, 6) is 0.828. The lowest BCUT2D eigenvalue weighted by atomic mass is 10.1. The number of fused-ring (bicyclic) bond motifs is 1. The largest absolute Gasteiger partial charge is 0.494 e. The fourth-order valence-corrected chi connectivity index (χ4v) is 2.84. The molecule has 1 aromatic heterocycles. The molecule has 22 heavy (non-hydrogen) atoms. The summed E-state index contributed by atoms with van der Waals surface area (Å²) < 4.78 is 11.2.